The van der Waals surface area contributed by atoms with Gasteiger partial charge < -0.3 is 4.90 Å². The van der Waals surface area contributed by atoms with Gasteiger partial charge in [-0.2, -0.15) is 0 Å². The molecule has 0 saturated heterocycles. The van der Waals surface area contributed by atoms with Gasteiger partial charge in [0.15, 0.2) is 0 Å². The van der Waals surface area contributed by atoms with Crippen LogP contribution in [0.2, 0.25) is 0 Å². The van der Waals surface area contributed by atoms with Crippen molar-refractivity contribution in [3.63, 3.8) is 0 Å². The van der Waals surface area contributed by atoms with Gasteiger partial charge in [-0.3, -0.25) is 0 Å². The molecule has 0 N–H and O–H groups in total. The summed E-state index contributed by atoms with van der Waals surface area (Å²) in [5.41, 5.74) is 0. The average Bonchev–Trinajstić information content (AvgIpc) is 2.11. The maximum absolute atomic E-state index is 2.62. The van der Waals surface area contributed by atoms with E-state index in [9.17, 15) is 0 Å². The van der Waals surface area contributed by atoms with E-state index in [1.54, 1.807) is 0 Å². The SMILES string of the molecule is CC(C)CCC[C@@H](C1CCC1)N(C)C(C)C. The van der Waals surface area contributed by atoms with Crippen LogP contribution in [0.4, 0.5) is 0 Å². The van der Waals surface area contributed by atoms with Crippen LogP contribution >= 0.6 is 0 Å². The Hall–Kier alpha value is -0.0400. The Labute approximate surface area is 103 Å². The molecule has 1 saturated carbocycles. The van der Waals surface area contributed by atoms with Crippen molar-refractivity contribution in [2.75, 3.05) is 7.05 Å². The first-order valence-electron chi connectivity index (χ1n) is 7.24. The molecule has 1 atom stereocenters. The van der Waals surface area contributed by atoms with Crippen molar-refractivity contribution in [2.24, 2.45) is 11.8 Å². The molecule has 0 heterocycles. The fourth-order valence-corrected chi connectivity index (χ4v) is 2.71. The van der Waals surface area contributed by atoms with Gasteiger partial charge in [0.2, 0.25) is 0 Å². The molecule has 0 aromatic rings. The van der Waals surface area contributed by atoms with E-state index in [4.69, 9.17) is 0 Å². The third kappa shape index (κ3) is 4.08. The Kier molecular flexibility index (Phi) is 5.82. The molecule has 0 unspecified atom stereocenters. The predicted molar refractivity (Wildman–Crippen MR) is 72.7 cm³/mol. The average molecular weight is 225 g/mol. The number of hydrogen-bond donors (Lipinski definition) is 0. The van der Waals surface area contributed by atoms with Gasteiger partial charge in [0.05, 0.1) is 0 Å². The van der Waals surface area contributed by atoms with Gasteiger partial charge in [0, 0.05) is 12.1 Å². The fraction of sp³-hybridized carbons (Fsp3) is 1.00. The van der Waals surface area contributed by atoms with Gasteiger partial charge in [0.1, 0.15) is 0 Å². The first kappa shape index (κ1) is 14.0. The Bertz CT molecular complexity index is 182. The van der Waals surface area contributed by atoms with Gasteiger partial charge >= 0.3 is 0 Å². The third-order valence-electron chi connectivity index (χ3n) is 4.31. The maximum Gasteiger partial charge on any atom is 0.0123 e. The molecule has 1 fully saturated rings. The topological polar surface area (TPSA) is 3.24 Å². The second kappa shape index (κ2) is 6.64. The van der Waals surface area contributed by atoms with Crippen molar-refractivity contribution in [3.8, 4) is 0 Å². The smallest absolute Gasteiger partial charge is 0.0123 e. The Balaban J connectivity index is 2.37. The Morgan fingerprint density at radius 1 is 1.06 bits per heavy atom. The van der Waals surface area contributed by atoms with Crippen LogP contribution in [0.1, 0.15) is 66.2 Å². The van der Waals surface area contributed by atoms with Crippen LogP contribution < -0.4 is 0 Å². The zero-order valence-corrected chi connectivity index (χ0v) is 12.0. The lowest BCUT2D eigenvalue weighted by Gasteiger charge is -2.41. The highest BCUT2D eigenvalue weighted by molar-refractivity contribution is 4.84. The fourth-order valence-electron chi connectivity index (χ4n) is 2.71. The summed E-state index contributed by atoms with van der Waals surface area (Å²) in [6.07, 6.45) is 8.65. The summed E-state index contributed by atoms with van der Waals surface area (Å²) in [6.45, 7) is 9.33. The van der Waals surface area contributed by atoms with E-state index in [1.807, 2.05) is 0 Å². The molecule has 1 rings (SSSR count). The predicted octanol–water partition coefficient (Wildman–Crippen LogP) is 4.32. The molecule has 0 radical (unpaired) electrons. The third-order valence-corrected chi connectivity index (χ3v) is 4.31. The van der Waals surface area contributed by atoms with Crippen molar-refractivity contribution in [1.29, 1.82) is 0 Å². The molecule has 0 aromatic carbocycles. The summed E-state index contributed by atoms with van der Waals surface area (Å²) < 4.78 is 0. The summed E-state index contributed by atoms with van der Waals surface area (Å²) >= 11 is 0. The molecule has 1 aliphatic rings. The van der Waals surface area contributed by atoms with E-state index in [1.165, 1.54) is 38.5 Å². The summed E-state index contributed by atoms with van der Waals surface area (Å²) in [5.74, 6) is 1.87. The van der Waals surface area contributed by atoms with Crippen LogP contribution in [-0.2, 0) is 0 Å². The molecule has 0 spiro atoms. The van der Waals surface area contributed by atoms with Gasteiger partial charge in [-0.1, -0.05) is 33.1 Å². The highest BCUT2D eigenvalue weighted by Crippen LogP contribution is 2.35. The summed E-state index contributed by atoms with van der Waals surface area (Å²) in [5, 5.41) is 0. The minimum atomic E-state index is 0.699. The highest BCUT2D eigenvalue weighted by atomic mass is 15.2. The largest absolute Gasteiger partial charge is 0.301 e. The molecular formula is C15H31N. The monoisotopic (exact) mass is 225 g/mol. The van der Waals surface area contributed by atoms with E-state index in [0.717, 1.165) is 17.9 Å². The quantitative estimate of drug-likeness (QED) is 0.623. The minimum absolute atomic E-state index is 0.699. The first-order valence-corrected chi connectivity index (χ1v) is 7.24. The van der Waals surface area contributed by atoms with Crippen LogP contribution in [-0.4, -0.2) is 24.0 Å². The zero-order chi connectivity index (χ0) is 12.1. The van der Waals surface area contributed by atoms with E-state index in [2.05, 4.69) is 39.6 Å². The second-order valence-electron chi connectivity index (χ2n) is 6.34. The normalized spacial score (nSPS) is 19.5. The summed E-state index contributed by atoms with van der Waals surface area (Å²) in [4.78, 5) is 2.62. The van der Waals surface area contributed by atoms with Gasteiger partial charge in [-0.05, 0) is 52.0 Å². The van der Waals surface area contributed by atoms with Crippen LogP contribution in [0.15, 0.2) is 0 Å². The Morgan fingerprint density at radius 2 is 1.69 bits per heavy atom. The molecule has 0 aliphatic heterocycles. The number of rotatable bonds is 7. The van der Waals surface area contributed by atoms with Crippen molar-refractivity contribution >= 4 is 0 Å². The molecule has 1 heteroatoms. The number of hydrogen-bond acceptors (Lipinski definition) is 1. The van der Waals surface area contributed by atoms with Crippen LogP contribution in [0.3, 0.4) is 0 Å². The first-order chi connectivity index (χ1) is 7.52. The number of nitrogens with zero attached hydrogens (tertiary/aromatic N) is 1. The molecular weight excluding hydrogens is 194 g/mol. The minimum Gasteiger partial charge on any atom is -0.301 e. The summed E-state index contributed by atoms with van der Waals surface area (Å²) in [7, 11) is 2.32. The van der Waals surface area contributed by atoms with Crippen LogP contribution in [0.25, 0.3) is 0 Å². The van der Waals surface area contributed by atoms with Crippen molar-refractivity contribution < 1.29 is 0 Å². The van der Waals surface area contributed by atoms with E-state index >= 15 is 0 Å². The molecule has 0 bridgehead atoms. The molecule has 1 nitrogen and oxygen atoms in total. The molecule has 0 amide bonds. The molecule has 0 aromatic heterocycles. The van der Waals surface area contributed by atoms with E-state index < -0.39 is 0 Å². The van der Waals surface area contributed by atoms with Gasteiger partial charge in [0.25, 0.3) is 0 Å². The lowest BCUT2D eigenvalue weighted by molar-refractivity contribution is 0.0846. The standard InChI is InChI=1S/C15H31N/c1-12(2)8-6-11-15(14-9-7-10-14)16(5)13(3)4/h12-15H,6-11H2,1-5H3/t15-/m0/s1. The second-order valence-corrected chi connectivity index (χ2v) is 6.34. The van der Waals surface area contributed by atoms with E-state index in [0.29, 0.717) is 6.04 Å². The lowest BCUT2D eigenvalue weighted by Crippen LogP contribution is -2.44. The summed E-state index contributed by atoms with van der Waals surface area (Å²) in [6, 6.07) is 1.55. The van der Waals surface area contributed by atoms with Gasteiger partial charge in [-0.25, -0.2) is 0 Å². The van der Waals surface area contributed by atoms with Crippen LogP contribution in [0, 0.1) is 11.8 Å². The Morgan fingerprint density at radius 3 is 2.06 bits per heavy atom. The van der Waals surface area contributed by atoms with Crippen molar-refractivity contribution in [3.05, 3.63) is 0 Å². The molecule has 96 valence electrons. The zero-order valence-electron chi connectivity index (χ0n) is 12.0. The maximum atomic E-state index is 2.62. The van der Waals surface area contributed by atoms with Crippen molar-refractivity contribution in [1.82, 2.24) is 4.90 Å². The highest BCUT2D eigenvalue weighted by Gasteiger charge is 2.30. The van der Waals surface area contributed by atoms with E-state index in [-0.39, 0.29) is 0 Å². The lowest BCUT2D eigenvalue weighted by atomic mass is 9.77. The molecule has 1 aliphatic carbocycles. The van der Waals surface area contributed by atoms with Gasteiger partial charge in [-0.15, -0.1) is 0 Å². The van der Waals surface area contributed by atoms with Crippen LogP contribution in [0.5, 0.6) is 0 Å². The molecule has 16 heavy (non-hydrogen) atoms. The van der Waals surface area contributed by atoms with Crippen molar-refractivity contribution in [2.45, 2.75) is 78.3 Å².